The third kappa shape index (κ3) is 3.67. The number of ether oxygens (including phenoxy) is 1. The van der Waals surface area contributed by atoms with E-state index in [1.165, 1.54) is 11.3 Å². The van der Waals surface area contributed by atoms with Crippen LogP contribution < -0.4 is 0 Å². The molecule has 0 aliphatic rings. The minimum absolute atomic E-state index is 0.262. The molecule has 0 aliphatic heterocycles. The lowest BCUT2D eigenvalue weighted by molar-refractivity contribution is 0.0211. The van der Waals surface area contributed by atoms with Crippen LogP contribution in [0.25, 0.3) is 22.6 Å². The number of hydrogen-bond acceptors (Lipinski definition) is 5. The SMILES string of the molecule is O[C@@H](COCc1ccccc1)Cn1c(-c2cscn2)nc2ccccc21. The number of para-hydroxylation sites is 2. The Morgan fingerprint density at radius 3 is 2.69 bits per heavy atom. The number of thiazole rings is 1. The minimum atomic E-state index is -0.631. The highest BCUT2D eigenvalue weighted by Crippen LogP contribution is 2.25. The average Bonchev–Trinajstić information content (AvgIpc) is 3.31. The molecular formula is C20H19N3O2S. The Balaban J connectivity index is 1.50. The molecule has 0 unspecified atom stereocenters. The fourth-order valence-electron chi connectivity index (χ4n) is 2.93. The van der Waals surface area contributed by atoms with Crippen molar-refractivity contribution in [1.82, 2.24) is 14.5 Å². The van der Waals surface area contributed by atoms with Crippen LogP contribution in [0.2, 0.25) is 0 Å². The van der Waals surface area contributed by atoms with E-state index in [1.807, 2.05) is 64.5 Å². The Kier molecular flexibility index (Phi) is 5.06. The van der Waals surface area contributed by atoms with E-state index in [0.717, 1.165) is 28.1 Å². The molecule has 6 heteroatoms. The number of rotatable bonds is 7. The van der Waals surface area contributed by atoms with Crippen molar-refractivity contribution in [3.8, 4) is 11.5 Å². The van der Waals surface area contributed by atoms with Gasteiger partial charge in [-0.25, -0.2) is 9.97 Å². The number of hydrogen-bond donors (Lipinski definition) is 1. The fraction of sp³-hybridized carbons (Fsp3) is 0.200. The highest BCUT2D eigenvalue weighted by molar-refractivity contribution is 7.07. The van der Waals surface area contributed by atoms with Crippen molar-refractivity contribution in [2.75, 3.05) is 6.61 Å². The predicted molar refractivity (Wildman–Crippen MR) is 103 cm³/mol. The molecule has 0 aliphatic carbocycles. The Bertz CT molecular complexity index is 967. The lowest BCUT2D eigenvalue weighted by atomic mass is 10.2. The third-order valence-electron chi connectivity index (χ3n) is 4.13. The van der Waals surface area contributed by atoms with Crippen molar-refractivity contribution < 1.29 is 9.84 Å². The van der Waals surface area contributed by atoms with Gasteiger partial charge in [-0.1, -0.05) is 42.5 Å². The molecule has 0 saturated heterocycles. The number of aromatic nitrogens is 3. The first kappa shape index (κ1) is 16.9. The quantitative estimate of drug-likeness (QED) is 0.542. The highest BCUT2D eigenvalue weighted by atomic mass is 32.1. The molecule has 0 fully saturated rings. The molecule has 0 radical (unpaired) electrons. The second kappa shape index (κ2) is 7.78. The molecule has 1 atom stereocenters. The van der Waals surface area contributed by atoms with Gasteiger partial charge < -0.3 is 14.4 Å². The maximum atomic E-state index is 10.5. The maximum Gasteiger partial charge on any atom is 0.160 e. The van der Waals surface area contributed by atoms with Crippen molar-refractivity contribution in [2.24, 2.45) is 0 Å². The van der Waals surface area contributed by atoms with Crippen LogP contribution in [0.1, 0.15) is 5.56 Å². The maximum absolute atomic E-state index is 10.5. The summed E-state index contributed by atoms with van der Waals surface area (Å²) in [6.07, 6.45) is -0.631. The minimum Gasteiger partial charge on any atom is -0.389 e. The van der Waals surface area contributed by atoms with E-state index in [4.69, 9.17) is 9.72 Å². The molecule has 2 aromatic heterocycles. The van der Waals surface area contributed by atoms with Gasteiger partial charge in [-0.3, -0.25) is 0 Å². The zero-order valence-electron chi connectivity index (χ0n) is 14.2. The van der Waals surface area contributed by atoms with Gasteiger partial charge in [0.1, 0.15) is 5.69 Å². The summed E-state index contributed by atoms with van der Waals surface area (Å²) in [5.74, 6) is 0.773. The number of imidazole rings is 1. The molecule has 132 valence electrons. The molecule has 0 saturated carbocycles. The summed E-state index contributed by atoms with van der Waals surface area (Å²) in [6, 6.07) is 17.9. The number of benzene rings is 2. The van der Waals surface area contributed by atoms with E-state index in [-0.39, 0.29) is 6.61 Å². The molecule has 4 rings (SSSR count). The summed E-state index contributed by atoms with van der Waals surface area (Å²) in [5, 5.41) is 12.5. The molecule has 1 N–H and O–H groups in total. The zero-order valence-corrected chi connectivity index (χ0v) is 15.0. The monoisotopic (exact) mass is 365 g/mol. The second-order valence-corrected chi connectivity index (χ2v) is 6.78. The summed E-state index contributed by atoms with van der Waals surface area (Å²) in [6.45, 7) is 1.15. The predicted octanol–water partition coefficient (Wildman–Crippen LogP) is 3.74. The van der Waals surface area contributed by atoms with Gasteiger partial charge in [-0.15, -0.1) is 11.3 Å². The van der Waals surface area contributed by atoms with Gasteiger partial charge >= 0.3 is 0 Å². The smallest absolute Gasteiger partial charge is 0.160 e. The Labute approximate surface area is 155 Å². The Morgan fingerprint density at radius 2 is 1.88 bits per heavy atom. The van der Waals surface area contributed by atoms with E-state index in [1.54, 1.807) is 5.51 Å². The van der Waals surface area contributed by atoms with E-state index < -0.39 is 6.10 Å². The van der Waals surface area contributed by atoms with Crippen LogP contribution in [0.15, 0.2) is 65.5 Å². The van der Waals surface area contributed by atoms with Crippen molar-refractivity contribution in [3.05, 3.63) is 71.1 Å². The van der Waals surface area contributed by atoms with Crippen LogP contribution in [0.5, 0.6) is 0 Å². The molecular weight excluding hydrogens is 346 g/mol. The van der Waals surface area contributed by atoms with Gasteiger partial charge in [-0.2, -0.15) is 0 Å². The number of fused-ring (bicyclic) bond motifs is 1. The number of aliphatic hydroxyl groups is 1. The van der Waals surface area contributed by atoms with Crippen molar-refractivity contribution >= 4 is 22.4 Å². The summed E-state index contributed by atoms with van der Waals surface area (Å²) < 4.78 is 7.69. The van der Waals surface area contributed by atoms with E-state index in [9.17, 15) is 5.11 Å². The topological polar surface area (TPSA) is 60.2 Å². The van der Waals surface area contributed by atoms with Crippen LogP contribution in [0, 0.1) is 0 Å². The summed E-state index contributed by atoms with van der Waals surface area (Å²) in [7, 11) is 0. The van der Waals surface area contributed by atoms with Gasteiger partial charge in [0.25, 0.3) is 0 Å². The van der Waals surface area contributed by atoms with Crippen molar-refractivity contribution in [3.63, 3.8) is 0 Å². The fourth-order valence-corrected chi connectivity index (χ4v) is 3.46. The zero-order chi connectivity index (χ0) is 17.8. The summed E-state index contributed by atoms with van der Waals surface area (Å²) in [4.78, 5) is 9.07. The highest BCUT2D eigenvalue weighted by Gasteiger charge is 2.16. The molecule has 2 heterocycles. The Morgan fingerprint density at radius 1 is 1.08 bits per heavy atom. The van der Waals surface area contributed by atoms with Gasteiger partial charge in [0.15, 0.2) is 5.82 Å². The van der Waals surface area contributed by atoms with E-state index >= 15 is 0 Å². The molecule has 0 spiro atoms. The average molecular weight is 365 g/mol. The van der Waals surface area contributed by atoms with Crippen LogP contribution in [0.4, 0.5) is 0 Å². The molecule has 26 heavy (non-hydrogen) atoms. The Hall–Kier alpha value is -2.54. The molecule has 0 amide bonds. The second-order valence-electron chi connectivity index (χ2n) is 6.06. The van der Waals surface area contributed by atoms with Crippen molar-refractivity contribution in [1.29, 1.82) is 0 Å². The third-order valence-corrected chi connectivity index (χ3v) is 4.72. The van der Waals surface area contributed by atoms with E-state index in [0.29, 0.717) is 13.2 Å². The number of aliphatic hydroxyl groups excluding tert-OH is 1. The van der Waals surface area contributed by atoms with Crippen LogP contribution in [-0.4, -0.2) is 32.4 Å². The van der Waals surface area contributed by atoms with Gasteiger partial charge in [0.2, 0.25) is 0 Å². The van der Waals surface area contributed by atoms with Gasteiger partial charge in [0.05, 0.1) is 42.4 Å². The first-order chi connectivity index (χ1) is 12.8. The standard InChI is InChI=1S/C20H19N3O2S/c24-16(12-25-11-15-6-2-1-3-7-15)10-23-19-9-5-4-8-17(19)22-20(23)18-13-26-14-21-18/h1-9,13-14,16,24H,10-12H2/t16-/m1/s1. The summed E-state index contributed by atoms with van der Waals surface area (Å²) in [5.41, 5.74) is 5.59. The van der Waals surface area contributed by atoms with Gasteiger partial charge in [0, 0.05) is 5.38 Å². The van der Waals surface area contributed by atoms with Gasteiger partial charge in [-0.05, 0) is 17.7 Å². The van der Waals surface area contributed by atoms with E-state index in [2.05, 4.69) is 4.98 Å². The first-order valence-corrected chi connectivity index (χ1v) is 9.39. The largest absolute Gasteiger partial charge is 0.389 e. The lowest BCUT2D eigenvalue weighted by Gasteiger charge is -2.14. The molecule has 2 aromatic carbocycles. The van der Waals surface area contributed by atoms with Crippen LogP contribution in [-0.2, 0) is 17.9 Å². The van der Waals surface area contributed by atoms with Crippen LogP contribution >= 0.6 is 11.3 Å². The molecule has 5 nitrogen and oxygen atoms in total. The molecule has 0 bridgehead atoms. The molecule has 4 aromatic rings. The lowest BCUT2D eigenvalue weighted by Crippen LogP contribution is -2.22. The normalized spacial score (nSPS) is 12.5. The number of nitrogens with zero attached hydrogens (tertiary/aromatic N) is 3. The first-order valence-electron chi connectivity index (χ1n) is 8.45. The summed E-state index contributed by atoms with van der Waals surface area (Å²) >= 11 is 1.53. The van der Waals surface area contributed by atoms with Crippen LogP contribution in [0.3, 0.4) is 0 Å². The van der Waals surface area contributed by atoms with Crippen molar-refractivity contribution in [2.45, 2.75) is 19.3 Å².